The topological polar surface area (TPSA) is 39.1 Å². The number of hydrogen-bond donors (Lipinski definition) is 1. The number of hydrogen-bond acceptors (Lipinski definition) is 3. The first-order chi connectivity index (χ1) is 8.46. The Balaban J connectivity index is 1.95. The fourth-order valence-electron chi connectivity index (χ4n) is 2.18. The van der Waals surface area contributed by atoms with Gasteiger partial charge in [0.2, 0.25) is 0 Å². The third-order valence-electron chi connectivity index (χ3n) is 3.41. The number of nitrogens with one attached hydrogen (secondary N) is 1. The highest BCUT2D eigenvalue weighted by atomic mass is 16.5. The van der Waals surface area contributed by atoms with E-state index in [4.69, 9.17) is 4.74 Å². The number of rotatable bonds is 4. The van der Waals surface area contributed by atoms with Gasteiger partial charge >= 0.3 is 0 Å². The van der Waals surface area contributed by atoms with Gasteiger partial charge in [-0.15, -0.1) is 0 Å². The molecular weight excluding hydrogens is 226 g/mol. The molecule has 0 spiro atoms. The predicted molar refractivity (Wildman–Crippen MR) is 72.5 cm³/mol. The lowest BCUT2D eigenvalue weighted by Crippen LogP contribution is -2.35. The van der Waals surface area contributed by atoms with Gasteiger partial charge in [0.25, 0.3) is 0 Å². The molecule has 2 rings (SSSR count). The Morgan fingerprint density at radius 2 is 2.28 bits per heavy atom. The van der Waals surface area contributed by atoms with Gasteiger partial charge in [-0.1, -0.05) is 0 Å². The van der Waals surface area contributed by atoms with Crippen LogP contribution in [0.3, 0.4) is 0 Å². The van der Waals surface area contributed by atoms with Crippen LogP contribution in [0.25, 0.3) is 0 Å². The monoisotopic (exact) mass is 251 g/mol. The summed E-state index contributed by atoms with van der Waals surface area (Å²) in [5.41, 5.74) is 2.67. The third-order valence-corrected chi connectivity index (χ3v) is 3.41. The molecule has 4 nitrogen and oxygen atoms in total. The molecule has 1 atom stereocenters. The highest BCUT2D eigenvalue weighted by molar-refractivity contribution is 5.16. The molecule has 1 aliphatic heterocycles. The van der Waals surface area contributed by atoms with E-state index in [0.29, 0.717) is 6.10 Å². The second kappa shape index (κ2) is 5.41. The molecule has 2 heterocycles. The van der Waals surface area contributed by atoms with E-state index >= 15 is 0 Å². The first-order valence-electron chi connectivity index (χ1n) is 6.83. The average Bonchev–Trinajstić information content (AvgIpc) is 2.88. The van der Waals surface area contributed by atoms with Gasteiger partial charge in [0, 0.05) is 29.9 Å². The van der Waals surface area contributed by atoms with Crippen molar-refractivity contribution in [2.75, 3.05) is 6.61 Å². The SMILES string of the molecule is Cc1c(CNC(C)(C)C)cnn1CC1CCCO1. The fraction of sp³-hybridized carbons (Fsp3) is 0.786. The Kier molecular flexibility index (Phi) is 4.07. The van der Waals surface area contributed by atoms with Crippen LogP contribution in [0.15, 0.2) is 6.20 Å². The summed E-state index contributed by atoms with van der Waals surface area (Å²) in [6, 6.07) is 0. The summed E-state index contributed by atoms with van der Waals surface area (Å²) in [4.78, 5) is 0. The van der Waals surface area contributed by atoms with Gasteiger partial charge in [0.15, 0.2) is 0 Å². The second-order valence-corrected chi connectivity index (χ2v) is 6.18. The van der Waals surface area contributed by atoms with Gasteiger partial charge in [0.05, 0.1) is 18.8 Å². The van der Waals surface area contributed by atoms with Crippen LogP contribution < -0.4 is 5.32 Å². The Morgan fingerprint density at radius 3 is 2.89 bits per heavy atom. The molecular formula is C14H25N3O. The molecule has 1 unspecified atom stereocenters. The molecule has 0 aliphatic carbocycles. The lowest BCUT2D eigenvalue weighted by atomic mass is 10.1. The molecule has 0 saturated carbocycles. The number of aromatic nitrogens is 2. The zero-order chi connectivity index (χ0) is 13.2. The van der Waals surface area contributed by atoms with E-state index in [-0.39, 0.29) is 5.54 Å². The lowest BCUT2D eigenvalue weighted by Gasteiger charge is -2.20. The highest BCUT2D eigenvalue weighted by Crippen LogP contribution is 2.16. The van der Waals surface area contributed by atoms with Crippen LogP contribution in [0.4, 0.5) is 0 Å². The molecule has 1 aliphatic rings. The molecule has 0 bridgehead atoms. The Morgan fingerprint density at radius 1 is 1.50 bits per heavy atom. The summed E-state index contributed by atoms with van der Waals surface area (Å²) in [5, 5.41) is 7.98. The van der Waals surface area contributed by atoms with Gasteiger partial charge in [-0.3, -0.25) is 4.68 Å². The van der Waals surface area contributed by atoms with Crippen LogP contribution in [0.1, 0.15) is 44.9 Å². The van der Waals surface area contributed by atoms with Crippen LogP contribution in [-0.4, -0.2) is 28.0 Å². The van der Waals surface area contributed by atoms with Gasteiger partial charge in [0.1, 0.15) is 0 Å². The van der Waals surface area contributed by atoms with Gasteiger partial charge in [-0.2, -0.15) is 5.10 Å². The molecule has 1 aromatic heterocycles. The maximum atomic E-state index is 5.66. The van der Waals surface area contributed by atoms with Crippen molar-refractivity contribution < 1.29 is 4.74 Å². The molecule has 18 heavy (non-hydrogen) atoms. The van der Waals surface area contributed by atoms with Gasteiger partial charge < -0.3 is 10.1 Å². The molecule has 4 heteroatoms. The highest BCUT2D eigenvalue weighted by Gasteiger charge is 2.18. The summed E-state index contributed by atoms with van der Waals surface area (Å²) < 4.78 is 7.74. The second-order valence-electron chi connectivity index (χ2n) is 6.18. The van der Waals surface area contributed by atoms with Crippen molar-refractivity contribution in [1.29, 1.82) is 0 Å². The van der Waals surface area contributed by atoms with Gasteiger partial charge in [-0.25, -0.2) is 0 Å². The smallest absolute Gasteiger partial charge is 0.0771 e. The predicted octanol–water partition coefficient (Wildman–Crippen LogP) is 2.26. The minimum atomic E-state index is 0.142. The van der Waals surface area contributed by atoms with Crippen molar-refractivity contribution >= 4 is 0 Å². The normalized spacial score (nSPS) is 20.6. The van der Waals surface area contributed by atoms with Crippen molar-refractivity contribution in [3.8, 4) is 0 Å². The lowest BCUT2D eigenvalue weighted by molar-refractivity contribution is 0.0934. The van der Waals surface area contributed by atoms with Crippen molar-refractivity contribution in [1.82, 2.24) is 15.1 Å². The Bertz CT molecular complexity index is 386. The first kappa shape index (κ1) is 13.6. The van der Waals surface area contributed by atoms with E-state index in [0.717, 1.165) is 26.1 Å². The zero-order valence-electron chi connectivity index (χ0n) is 12.0. The van der Waals surface area contributed by atoms with Gasteiger partial charge in [-0.05, 0) is 40.5 Å². The molecule has 1 saturated heterocycles. The number of ether oxygens (including phenoxy) is 1. The van der Waals surface area contributed by atoms with E-state index in [1.807, 2.05) is 6.20 Å². The average molecular weight is 251 g/mol. The van der Waals surface area contributed by atoms with Crippen LogP contribution >= 0.6 is 0 Å². The molecule has 1 fully saturated rings. The number of nitrogens with zero attached hydrogens (tertiary/aromatic N) is 2. The van der Waals surface area contributed by atoms with Crippen molar-refractivity contribution in [2.24, 2.45) is 0 Å². The summed E-state index contributed by atoms with van der Waals surface area (Å²) in [7, 11) is 0. The minimum absolute atomic E-state index is 0.142. The van der Waals surface area contributed by atoms with Crippen molar-refractivity contribution in [3.05, 3.63) is 17.5 Å². The minimum Gasteiger partial charge on any atom is -0.376 e. The summed E-state index contributed by atoms with van der Waals surface area (Å²) in [5.74, 6) is 0. The van der Waals surface area contributed by atoms with E-state index in [9.17, 15) is 0 Å². The van der Waals surface area contributed by atoms with E-state index < -0.39 is 0 Å². The molecule has 0 amide bonds. The first-order valence-corrected chi connectivity index (χ1v) is 6.83. The molecule has 102 valence electrons. The van der Waals surface area contributed by atoms with E-state index in [2.05, 4.69) is 42.8 Å². The summed E-state index contributed by atoms with van der Waals surface area (Å²) in [6.07, 6.45) is 4.67. The van der Waals surface area contributed by atoms with E-state index in [1.54, 1.807) is 0 Å². The van der Waals surface area contributed by atoms with Crippen LogP contribution in [-0.2, 0) is 17.8 Å². The van der Waals surface area contributed by atoms with Crippen LogP contribution in [0.5, 0.6) is 0 Å². The quantitative estimate of drug-likeness (QED) is 0.892. The summed E-state index contributed by atoms with van der Waals surface area (Å²) >= 11 is 0. The third kappa shape index (κ3) is 3.56. The summed E-state index contributed by atoms with van der Waals surface area (Å²) in [6.45, 7) is 11.4. The Labute approximate surface area is 110 Å². The fourth-order valence-corrected chi connectivity index (χ4v) is 2.18. The van der Waals surface area contributed by atoms with Crippen molar-refractivity contribution in [3.63, 3.8) is 0 Å². The molecule has 1 aromatic rings. The zero-order valence-corrected chi connectivity index (χ0v) is 12.0. The molecule has 0 radical (unpaired) electrons. The standard InChI is InChI=1S/C14H25N3O/c1-11-12(8-15-14(2,3)4)9-16-17(11)10-13-6-5-7-18-13/h9,13,15H,5-8,10H2,1-4H3. The molecule has 0 aromatic carbocycles. The maximum Gasteiger partial charge on any atom is 0.0771 e. The van der Waals surface area contributed by atoms with Crippen LogP contribution in [0, 0.1) is 6.92 Å². The molecule has 1 N–H and O–H groups in total. The van der Waals surface area contributed by atoms with Crippen molar-refractivity contribution in [2.45, 2.75) is 65.3 Å². The van der Waals surface area contributed by atoms with E-state index in [1.165, 1.54) is 17.7 Å². The maximum absolute atomic E-state index is 5.66. The van der Waals surface area contributed by atoms with Crippen LogP contribution in [0.2, 0.25) is 0 Å². The largest absolute Gasteiger partial charge is 0.376 e. The Hall–Kier alpha value is -0.870.